The molecule has 5 heteroatoms. The minimum absolute atomic E-state index is 0.149. The van der Waals surface area contributed by atoms with Gasteiger partial charge in [0.15, 0.2) is 0 Å². The van der Waals surface area contributed by atoms with Crippen molar-refractivity contribution in [1.82, 2.24) is 14.8 Å². The van der Waals surface area contributed by atoms with Crippen LogP contribution in [-0.4, -0.2) is 66.1 Å². The Morgan fingerprint density at radius 3 is 2.67 bits per heavy atom. The van der Waals surface area contributed by atoms with Gasteiger partial charge in [-0.05, 0) is 56.9 Å². The summed E-state index contributed by atoms with van der Waals surface area (Å²) in [6.45, 7) is 11.3. The highest BCUT2D eigenvalue weighted by atomic mass is 16.5. The van der Waals surface area contributed by atoms with Crippen molar-refractivity contribution in [3.63, 3.8) is 0 Å². The number of hydrogen-bond donors (Lipinski definition) is 0. The zero-order valence-corrected chi connectivity index (χ0v) is 16.6. The number of ether oxygens (including phenoxy) is 1. The van der Waals surface area contributed by atoms with Crippen LogP contribution in [0.1, 0.15) is 40.0 Å². The molecule has 1 aromatic heterocycles. The number of aryl methyl sites for hydroxylation is 3. The molecule has 5 nitrogen and oxygen atoms in total. The second kappa shape index (κ2) is 7.56. The predicted molar refractivity (Wildman–Crippen MR) is 107 cm³/mol. The number of piperidine rings is 1. The van der Waals surface area contributed by atoms with Crippen LogP contribution < -0.4 is 0 Å². The molecular weight excluding hydrogens is 338 g/mol. The Balaban J connectivity index is 1.64. The van der Waals surface area contributed by atoms with E-state index in [2.05, 4.69) is 40.8 Å². The Bertz CT molecular complexity index is 853. The zero-order chi connectivity index (χ0) is 19.0. The van der Waals surface area contributed by atoms with Crippen molar-refractivity contribution in [3.8, 4) is 0 Å². The van der Waals surface area contributed by atoms with Crippen LogP contribution in [0.25, 0.3) is 10.9 Å². The summed E-state index contributed by atoms with van der Waals surface area (Å²) in [6.07, 6.45) is 2.23. The molecule has 2 saturated heterocycles. The Labute approximate surface area is 161 Å². The van der Waals surface area contributed by atoms with Gasteiger partial charge < -0.3 is 9.64 Å². The van der Waals surface area contributed by atoms with Crippen LogP contribution in [0.5, 0.6) is 0 Å². The first-order chi connectivity index (χ1) is 13.0. The van der Waals surface area contributed by atoms with Gasteiger partial charge in [0.25, 0.3) is 5.91 Å². The number of nitrogens with zero attached hydrogens (tertiary/aromatic N) is 3. The van der Waals surface area contributed by atoms with E-state index in [-0.39, 0.29) is 5.91 Å². The molecule has 1 amide bonds. The van der Waals surface area contributed by atoms with Crippen LogP contribution in [0.2, 0.25) is 0 Å². The third kappa shape index (κ3) is 3.71. The Morgan fingerprint density at radius 1 is 1.11 bits per heavy atom. The third-order valence-corrected chi connectivity index (χ3v) is 5.85. The number of benzene rings is 1. The molecule has 0 saturated carbocycles. The minimum atomic E-state index is 0.149. The van der Waals surface area contributed by atoms with Gasteiger partial charge in [0.05, 0.1) is 24.3 Å². The zero-order valence-electron chi connectivity index (χ0n) is 16.6. The number of likely N-dealkylation sites (tertiary alicyclic amines) is 1. The van der Waals surface area contributed by atoms with Crippen LogP contribution in [0, 0.1) is 20.8 Å². The number of rotatable bonds is 2. The van der Waals surface area contributed by atoms with Crippen molar-refractivity contribution in [2.24, 2.45) is 0 Å². The molecule has 1 unspecified atom stereocenters. The molecule has 27 heavy (non-hydrogen) atoms. The van der Waals surface area contributed by atoms with Crippen molar-refractivity contribution in [3.05, 3.63) is 40.6 Å². The fraction of sp³-hybridized carbons (Fsp3) is 0.545. The summed E-state index contributed by atoms with van der Waals surface area (Å²) in [5.74, 6) is 0.149. The van der Waals surface area contributed by atoms with E-state index in [1.807, 2.05) is 13.0 Å². The molecule has 1 aromatic carbocycles. The molecule has 0 bridgehead atoms. The van der Waals surface area contributed by atoms with Crippen molar-refractivity contribution in [2.45, 2.75) is 39.7 Å². The summed E-state index contributed by atoms with van der Waals surface area (Å²) in [6, 6.07) is 6.64. The molecule has 3 heterocycles. The van der Waals surface area contributed by atoms with Crippen LogP contribution in [0.3, 0.4) is 0 Å². The number of hydrogen-bond acceptors (Lipinski definition) is 4. The average Bonchev–Trinajstić information content (AvgIpc) is 2.67. The lowest BCUT2D eigenvalue weighted by Gasteiger charge is -2.41. The molecule has 0 N–H and O–H groups in total. The Kier molecular flexibility index (Phi) is 5.15. The van der Waals surface area contributed by atoms with E-state index in [4.69, 9.17) is 4.74 Å². The summed E-state index contributed by atoms with van der Waals surface area (Å²) in [4.78, 5) is 22.7. The van der Waals surface area contributed by atoms with Gasteiger partial charge in [0.1, 0.15) is 0 Å². The second-order valence-corrected chi connectivity index (χ2v) is 7.98. The molecule has 2 aromatic rings. The number of aromatic nitrogens is 1. The van der Waals surface area contributed by atoms with Gasteiger partial charge in [-0.15, -0.1) is 0 Å². The summed E-state index contributed by atoms with van der Waals surface area (Å²) in [5.41, 5.74) is 4.94. The summed E-state index contributed by atoms with van der Waals surface area (Å²) in [7, 11) is 0. The maximum Gasteiger partial charge on any atom is 0.254 e. The van der Waals surface area contributed by atoms with Crippen molar-refractivity contribution < 1.29 is 9.53 Å². The minimum Gasteiger partial charge on any atom is -0.379 e. The fourth-order valence-electron chi connectivity index (χ4n) is 4.61. The van der Waals surface area contributed by atoms with E-state index in [0.29, 0.717) is 6.04 Å². The Hall–Kier alpha value is -1.98. The molecule has 144 valence electrons. The maximum atomic E-state index is 13.5. The average molecular weight is 367 g/mol. The molecule has 0 spiro atoms. The number of pyridine rings is 1. The van der Waals surface area contributed by atoms with E-state index in [9.17, 15) is 4.79 Å². The Morgan fingerprint density at radius 2 is 1.89 bits per heavy atom. The SMILES string of the molecule is Cc1cc(C)c2c(C(=O)N3CCCC(N4CCOCC4)C3)cc(C)nc2c1. The van der Waals surface area contributed by atoms with Crippen LogP contribution >= 0.6 is 0 Å². The van der Waals surface area contributed by atoms with Gasteiger partial charge in [0.2, 0.25) is 0 Å². The molecule has 4 rings (SSSR count). The number of carbonyl (C=O) groups excluding carboxylic acids is 1. The van der Waals surface area contributed by atoms with E-state index in [0.717, 1.165) is 80.0 Å². The van der Waals surface area contributed by atoms with Crippen LogP contribution in [0.15, 0.2) is 18.2 Å². The largest absolute Gasteiger partial charge is 0.379 e. The van der Waals surface area contributed by atoms with Gasteiger partial charge in [-0.2, -0.15) is 0 Å². The molecule has 1 atom stereocenters. The highest BCUT2D eigenvalue weighted by molar-refractivity contribution is 6.07. The topological polar surface area (TPSA) is 45.7 Å². The first-order valence-corrected chi connectivity index (χ1v) is 10.0. The van der Waals surface area contributed by atoms with E-state index in [1.165, 1.54) is 5.56 Å². The summed E-state index contributed by atoms with van der Waals surface area (Å²) in [5, 5.41) is 1.00. The lowest BCUT2D eigenvalue weighted by molar-refractivity contribution is -0.00118. The normalized spacial score (nSPS) is 21.6. The predicted octanol–water partition coefficient (Wildman–Crippen LogP) is 3.10. The lowest BCUT2D eigenvalue weighted by atomic mass is 9.98. The number of fused-ring (bicyclic) bond motifs is 1. The van der Waals surface area contributed by atoms with Gasteiger partial charge in [-0.1, -0.05) is 6.07 Å². The van der Waals surface area contributed by atoms with Crippen molar-refractivity contribution in [1.29, 1.82) is 0 Å². The maximum absolute atomic E-state index is 13.5. The van der Waals surface area contributed by atoms with Gasteiger partial charge in [-0.25, -0.2) is 0 Å². The van der Waals surface area contributed by atoms with Gasteiger partial charge >= 0.3 is 0 Å². The number of morpholine rings is 1. The van der Waals surface area contributed by atoms with E-state index < -0.39 is 0 Å². The standard InChI is InChI=1S/C22H29N3O2/c1-15-11-16(2)21-19(13-17(3)23-20(21)12-15)22(26)25-6-4-5-18(14-25)24-7-9-27-10-8-24/h11-13,18H,4-10,14H2,1-3H3. The van der Waals surface area contributed by atoms with Crippen molar-refractivity contribution in [2.75, 3.05) is 39.4 Å². The van der Waals surface area contributed by atoms with Crippen molar-refractivity contribution >= 4 is 16.8 Å². The summed E-state index contributed by atoms with van der Waals surface area (Å²) >= 11 is 0. The fourth-order valence-corrected chi connectivity index (χ4v) is 4.61. The molecule has 2 aliphatic heterocycles. The third-order valence-electron chi connectivity index (χ3n) is 5.85. The monoisotopic (exact) mass is 367 g/mol. The summed E-state index contributed by atoms with van der Waals surface area (Å²) < 4.78 is 5.49. The highest BCUT2D eigenvalue weighted by Crippen LogP contribution is 2.27. The lowest BCUT2D eigenvalue weighted by Crippen LogP contribution is -2.52. The van der Waals surface area contributed by atoms with E-state index in [1.54, 1.807) is 0 Å². The van der Waals surface area contributed by atoms with Crippen LogP contribution in [0.4, 0.5) is 0 Å². The first-order valence-electron chi connectivity index (χ1n) is 10.0. The van der Waals surface area contributed by atoms with Gasteiger partial charge in [-0.3, -0.25) is 14.7 Å². The second-order valence-electron chi connectivity index (χ2n) is 7.98. The number of carbonyl (C=O) groups is 1. The highest BCUT2D eigenvalue weighted by Gasteiger charge is 2.30. The molecule has 2 fully saturated rings. The van der Waals surface area contributed by atoms with Gasteiger partial charge in [0, 0.05) is 43.3 Å². The molecular formula is C22H29N3O2. The smallest absolute Gasteiger partial charge is 0.254 e. The molecule has 0 aliphatic carbocycles. The first kappa shape index (κ1) is 18.4. The molecule has 2 aliphatic rings. The molecule has 0 radical (unpaired) electrons. The van der Waals surface area contributed by atoms with E-state index >= 15 is 0 Å². The quantitative estimate of drug-likeness (QED) is 0.818. The van der Waals surface area contributed by atoms with Crippen LogP contribution in [-0.2, 0) is 4.74 Å². The number of amides is 1.